The molecule has 0 saturated carbocycles. The molecule has 4 aromatic carbocycles. The molecule has 0 aliphatic rings. The van der Waals surface area contributed by atoms with E-state index in [1.54, 1.807) is 71.8 Å². The molecule has 0 unspecified atom stereocenters. The Morgan fingerprint density at radius 3 is 0.675 bits per heavy atom. The summed E-state index contributed by atoms with van der Waals surface area (Å²) in [5.41, 5.74) is 26.3. The lowest BCUT2D eigenvalue weighted by Gasteiger charge is -2.03. The Morgan fingerprint density at radius 2 is 0.500 bits per heavy atom. The van der Waals surface area contributed by atoms with E-state index in [2.05, 4.69) is 145 Å². The number of nitrogens with two attached hydrogens (primary N) is 4. The number of hydrogen-bond donors (Lipinski definition) is 4. The van der Waals surface area contributed by atoms with E-state index >= 15 is 0 Å². The highest BCUT2D eigenvalue weighted by Crippen LogP contribution is 2.40. The number of pyridine rings is 4. The third-order valence-corrected chi connectivity index (χ3v) is 20.2. The van der Waals surface area contributed by atoms with Crippen LogP contribution >= 0.6 is 92.4 Å². The normalized spacial score (nSPS) is 10.8. The van der Waals surface area contributed by atoms with Crippen molar-refractivity contribution in [3.05, 3.63) is 213 Å². The van der Waals surface area contributed by atoms with Crippen LogP contribution in [0.5, 0.6) is 0 Å². The largest absolute Gasteiger partial charge is 0.365 e. The molecule has 12 rings (SSSR count). The monoisotopic (exact) mass is 1200 g/mol. The van der Waals surface area contributed by atoms with Crippen molar-refractivity contribution in [3.63, 3.8) is 0 Å². The Balaban J connectivity index is 0.000000129. The first kappa shape index (κ1) is 57.3. The minimum Gasteiger partial charge on any atom is -0.365 e. The van der Waals surface area contributed by atoms with Gasteiger partial charge in [0, 0.05) is 110 Å². The van der Waals surface area contributed by atoms with Crippen LogP contribution in [0.3, 0.4) is 0 Å². The summed E-state index contributed by atoms with van der Waals surface area (Å²) in [7, 11) is 0. The standard InChI is InChI=1S/4C15H12N2OS2/c4*1-9-2-4-10(5-3-9)19-13-7-17-8-14-11(13)6-12(20-14)15(16)18/h4*2-8H,1H3,(H2,16,18). The van der Waals surface area contributed by atoms with Crippen LogP contribution < -0.4 is 22.9 Å². The van der Waals surface area contributed by atoms with Crippen LogP contribution in [0.1, 0.15) is 60.9 Å². The smallest absolute Gasteiger partial charge is 0.258 e. The van der Waals surface area contributed by atoms with Crippen LogP contribution in [0.15, 0.2) is 210 Å². The molecule has 80 heavy (non-hydrogen) atoms. The zero-order valence-corrected chi connectivity index (χ0v) is 49.7. The van der Waals surface area contributed by atoms with Crippen molar-refractivity contribution in [2.45, 2.75) is 66.9 Å². The number of amides is 4. The Kier molecular flexibility index (Phi) is 18.8. The zero-order chi connectivity index (χ0) is 56.5. The van der Waals surface area contributed by atoms with Gasteiger partial charge in [0.15, 0.2) is 0 Å². The summed E-state index contributed by atoms with van der Waals surface area (Å²) in [6, 6.07) is 40.7. The highest BCUT2D eigenvalue weighted by atomic mass is 32.2. The van der Waals surface area contributed by atoms with E-state index in [1.165, 1.54) is 67.6 Å². The fourth-order valence-corrected chi connectivity index (χ4v) is 15.0. The fraction of sp³-hybridized carbons (Fsp3) is 0.0667. The van der Waals surface area contributed by atoms with Crippen molar-refractivity contribution < 1.29 is 19.2 Å². The van der Waals surface area contributed by atoms with Gasteiger partial charge in [-0.3, -0.25) is 39.1 Å². The van der Waals surface area contributed by atoms with E-state index in [-0.39, 0.29) is 0 Å². The number of primary amides is 4. The molecule has 0 aliphatic carbocycles. The lowest BCUT2D eigenvalue weighted by Crippen LogP contribution is -2.08. The number of carbonyl (C=O) groups excluding carboxylic acids is 4. The number of benzene rings is 4. The summed E-state index contributed by atoms with van der Waals surface area (Å²) in [5.74, 6) is -1.56. The van der Waals surface area contributed by atoms with E-state index in [1.807, 2.05) is 49.1 Å². The third kappa shape index (κ3) is 14.7. The van der Waals surface area contributed by atoms with Gasteiger partial charge in [-0.2, -0.15) is 0 Å². The molecule has 8 heterocycles. The maximum atomic E-state index is 11.3. The minimum atomic E-state index is -0.391. The van der Waals surface area contributed by atoms with Crippen LogP contribution in [0, 0.1) is 27.7 Å². The Morgan fingerprint density at radius 1 is 0.312 bits per heavy atom. The fourth-order valence-electron chi connectivity index (χ4n) is 7.49. The zero-order valence-electron chi connectivity index (χ0n) is 43.2. The Hall–Kier alpha value is -7.40. The quantitative estimate of drug-likeness (QED) is 0.0897. The summed E-state index contributed by atoms with van der Waals surface area (Å²) in [6.07, 6.45) is 14.4. The maximum absolute atomic E-state index is 11.3. The van der Waals surface area contributed by atoms with Crippen molar-refractivity contribution in [2.75, 3.05) is 0 Å². The average molecular weight is 1200 g/mol. The van der Waals surface area contributed by atoms with Gasteiger partial charge in [-0.05, 0) is 100 Å². The first-order chi connectivity index (χ1) is 38.5. The molecule has 8 aromatic heterocycles. The SMILES string of the molecule is Cc1ccc(Sc2cncc3sc(C(N)=O)cc23)cc1.Cc1ccc(Sc2cncc3sc(C(N)=O)cc23)cc1.Cc1ccc(Sc2cncc3sc(C(N)=O)cc23)cc1.Cc1ccc(Sc2cncc3sc(C(N)=O)cc23)cc1. The molecule has 0 aliphatic heterocycles. The number of hydrogen-bond acceptors (Lipinski definition) is 16. The van der Waals surface area contributed by atoms with Crippen molar-refractivity contribution in [2.24, 2.45) is 22.9 Å². The number of nitrogens with zero attached hydrogens (tertiary/aromatic N) is 4. The van der Waals surface area contributed by atoms with Gasteiger partial charge in [0.25, 0.3) is 23.6 Å². The van der Waals surface area contributed by atoms with Crippen LogP contribution in [-0.2, 0) is 0 Å². The number of rotatable bonds is 12. The molecule has 0 radical (unpaired) electrons. The van der Waals surface area contributed by atoms with E-state index in [0.29, 0.717) is 19.5 Å². The van der Waals surface area contributed by atoms with E-state index in [0.717, 1.165) is 79.5 Å². The second-order valence-corrected chi connectivity index (χ2v) is 26.6. The topological polar surface area (TPSA) is 224 Å². The summed E-state index contributed by atoms with van der Waals surface area (Å²) in [5, 5.41) is 4.13. The molecule has 0 bridgehead atoms. The van der Waals surface area contributed by atoms with Crippen LogP contribution in [-0.4, -0.2) is 43.6 Å². The first-order valence-electron chi connectivity index (χ1n) is 24.2. The first-order valence-corrected chi connectivity index (χ1v) is 30.7. The van der Waals surface area contributed by atoms with E-state index < -0.39 is 23.6 Å². The molecule has 12 nitrogen and oxygen atoms in total. The highest BCUT2D eigenvalue weighted by Gasteiger charge is 2.15. The number of aryl methyl sites for hydroxylation is 4. The maximum Gasteiger partial charge on any atom is 0.258 e. The summed E-state index contributed by atoms with van der Waals surface area (Å²) < 4.78 is 3.93. The predicted molar refractivity (Wildman–Crippen MR) is 334 cm³/mol. The molecular weight excluding hydrogens is 1150 g/mol. The number of carbonyl (C=O) groups is 4. The van der Waals surface area contributed by atoms with Gasteiger partial charge in [0.2, 0.25) is 0 Å². The van der Waals surface area contributed by atoms with Crippen LogP contribution in [0.2, 0.25) is 0 Å². The van der Waals surface area contributed by atoms with Gasteiger partial charge < -0.3 is 22.9 Å². The molecule has 4 amide bonds. The van der Waals surface area contributed by atoms with Gasteiger partial charge in [-0.25, -0.2) is 0 Å². The lowest BCUT2D eigenvalue weighted by molar-refractivity contribution is 0.0995. The average Bonchev–Trinajstić information content (AvgIpc) is 4.34. The van der Waals surface area contributed by atoms with Crippen molar-refractivity contribution in [1.29, 1.82) is 0 Å². The molecular formula is C60H48N8O4S8. The number of thiophene rings is 4. The number of fused-ring (bicyclic) bond motifs is 4. The second kappa shape index (κ2) is 26.2. The molecule has 8 N–H and O–H groups in total. The van der Waals surface area contributed by atoms with E-state index in [9.17, 15) is 19.2 Å². The highest BCUT2D eigenvalue weighted by molar-refractivity contribution is 8.00. The van der Waals surface area contributed by atoms with Crippen molar-refractivity contribution in [3.8, 4) is 0 Å². The Labute approximate surface area is 493 Å². The minimum absolute atomic E-state index is 0.391. The van der Waals surface area contributed by atoms with E-state index in [4.69, 9.17) is 22.9 Å². The van der Waals surface area contributed by atoms with Gasteiger partial charge in [0.1, 0.15) is 0 Å². The third-order valence-electron chi connectivity index (χ3n) is 11.6. The molecule has 400 valence electrons. The van der Waals surface area contributed by atoms with Crippen LogP contribution in [0.25, 0.3) is 40.3 Å². The second-order valence-electron chi connectivity index (χ2n) is 17.8. The molecule has 0 fully saturated rings. The summed E-state index contributed by atoms with van der Waals surface area (Å²) >= 11 is 12.1. The van der Waals surface area contributed by atoms with Crippen molar-refractivity contribution in [1.82, 2.24) is 19.9 Å². The van der Waals surface area contributed by atoms with Crippen LogP contribution in [0.4, 0.5) is 0 Å². The molecule has 0 atom stereocenters. The number of aromatic nitrogens is 4. The van der Waals surface area contributed by atoms with Gasteiger partial charge >= 0.3 is 0 Å². The predicted octanol–water partition coefficient (Wildman–Crippen LogP) is 15.4. The summed E-state index contributed by atoms with van der Waals surface area (Å²) in [6.45, 7) is 8.26. The lowest BCUT2D eigenvalue weighted by atomic mass is 10.2. The molecule has 0 spiro atoms. The molecule has 0 saturated heterocycles. The Bertz CT molecular complexity index is 3650. The van der Waals surface area contributed by atoms with Gasteiger partial charge in [-0.15, -0.1) is 45.3 Å². The van der Waals surface area contributed by atoms with Crippen molar-refractivity contribution >= 4 is 156 Å². The molecule has 20 heteroatoms. The van der Waals surface area contributed by atoms with Gasteiger partial charge in [0.05, 0.1) is 38.3 Å². The summed E-state index contributed by atoms with van der Waals surface area (Å²) in [4.78, 5) is 73.1. The molecule has 12 aromatic rings. The van der Waals surface area contributed by atoms with Gasteiger partial charge in [-0.1, -0.05) is 118 Å².